The number of amides is 2. The number of carbonyl (C=O) groups is 2. The molecule has 0 aromatic heterocycles. The lowest BCUT2D eigenvalue weighted by Crippen LogP contribution is -2.49. The summed E-state index contributed by atoms with van der Waals surface area (Å²) in [6.07, 6.45) is 8.91. The van der Waals surface area contributed by atoms with Gasteiger partial charge in [0.05, 0.1) is 0 Å². The molecule has 1 unspecified atom stereocenters. The highest BCUT2D eigenvalue weighted by Crippen LogP contribution is 2.17. The van der Waals surface area contributed by atoms with E-state index >= 15 is 0 Å². The largest absolute Gasteiger partial charge is 0.480 e. The van der Waals surface area contributed by atoms with Crippen LogP contribution in [0.1, 0.15) is 57.8 Å². The molecule has 122 valence electrons. The van der Waals surface area contributed by atoms with E-state index in [1.807, 2.05) is 0 Å². The highest BCUT2D eigenvalue weighted by atomic mass is 16.5. The molecule has 2 amide bonds. The zero-order valence-electron chi connectivity index (χ0n) is 12.9. The number of aliphatic carboxylic acids is 1. The Morgan fingerprint density at radius 1 is 1.19 bits per heavy atom. The maximum atomic E-state index is 11.9. The van der Waals surface area contributed by atoms with E-state index in [0.29, 0.717) is 19.4 Å². The van der Waals surface area contributed by atoms with Crippen molar-refractivity contribution in [1.29, 1.82) is 0 Å². The maximum absolute atomic E-state index is 11.9. The lowest BCUT2D eigenvalue weighted by atomic mass is 9.97. The van der Waals surface area contributed by atoms with Crippen LogP contribution in [0, 0.1) is 0 Å². The fourth-order valence-corrected chi connectivity index (χ4v) is 2.67. The molecule has 3 N–H and O–H groups in total. The molecule has 1 saturated carbocycles. The summed E-state index contributed by atoms with van der Waals surface area (Å²) < 4.78 is 4.90. The topological polar surface area (TPSA) is 87.7 Å². The Labute approximate surface area is 126 Å². The van der Waals surface area contributed by atoms with Gasteiger partial charge >= 0.3 is 12.0 Å². The lowest BCUT2D eigenvalue weighted by Gasteiger charge is -2.22. The van der Waals surface area contributed by atoms with Crippen LogP contribution in [-0.2, 0) is 9.53 Å². The predicted molar refractivity (Wildman–Crippen MR) is 80.3 cm³/mol. The van der Waals surface area contributed by atoms with Crippen LogP contribution in [-0.4, -0.2) is 42.9 Å². The first kappa shape index (κ1) is 17.8. The molecule has 0 radical (unpaired) electrons. The molecule has 0 bridgehead atoms. The summed E-state index contributed by atoms with van der Waals surface area (Å²) in [7, 11) is 1.57. The van der Waals surface area contributed by atoms with Crippen LogP contribution in [0.2, 0.25) is 0 Å². The van der Waals surface area contributed by atoms with Crippen LogP contribution in [0.15, 0.2) is 0 Å². The normalized spacial score (nSPS) is 18.3. The van der Waals surface area contributed by atoms with Crippen molar-refractivity contribution >= 4 is 12.0 Å². The van der Waals surface area contributed by atoms with Crippen LogP contribution >= 0.6 is 0 Å². The fourth-order valence-electron chi connectivity index (χ4n) is 2.67. The number of hydrogen-bond acceptors (Lipinski definition) is 3. The molecule has 6 heteroatoms. The standard InChI is InChI=1S/C15H28N2O4/c1-21-11-7-10-13(14(18)19)17-15(20)16-12-8-5-3-2-4-6-9-12/h12-13H,2-11H2,1H3,(H,18,19)(H2,16,17,20). The maximum Gasteiger partial charge on any atom is 0.326 e. The van der Waals surface area contributed by atoms with Gasteiger partial charge in [-0.05, 0) is 25.7 Å². The first-order valence-electron chi connectivity index (χ1n) is 7.92. The van der Waals surface area contributed by atoms with Crippen molar-refractivity contribution in [3.05, 3.63) is 0 Å². The number of carboxylic acids is 1. The van der Waals surface area contributed by atoms with Gasteiger partial charge in [-0.2, -0.15) is 0 Å². The van der Waals surface area contributed by atoms with Crippen molar-refractivity contribution in [2.24, 2.45) is 0 Å². The third kappa shape index (κ3) is 7.90. The number of carbonyl (C=O) groups excluding carboxylic acids is 1. The second kappa shape index (κ2) is 10.4. The van der Waals surface area contributed by atoms with Crippen LogP contribution in [0.4, 0.5) is 4.79 Å². The zero-order valence-corrected chi connectivity index (χ0v) is 12.9. The molecule has 0 spiro atoms. The van der Waals surface area contributed by atoms with Gasteiger partial charge in [-0.15, -0.1) is 0 Å². The Morgan fingerprint density at radius 2 is 1.81 bits per heavy atom. The van der Waals surface area contributed by atoms with Crippen molar-refractivity contribution in [2.75, 3.05) is 13.7 Å². The summed E-state index contributed by atoms with van der Waals surface area (Å²) >= 11 is 0. The minimum absolute atomic E-state index is 0.165. The van der Waals surface area contributed by atoms with E-state index in [1.165, 1.54) is 19.3 Å². The van der Waals surface area contributed by atoms with Crippen LogP contribution < -0.4 is 10.6 Å². The average molecular weight is 300 g/mol. The summed E-state index contributed by atoms with van der Waals surface area (Å²) in [5.41, 5.74) is 0. The summed E-state index contributed by atoms with van der Waals surface area (Å²) in [6, 6.07) is -1.06. The van der Waals surface area contributed by atoms with Crippen molar-refractivity contribution in [3.8, 4) is 0 Å². The third-order valence-electron chi connectivity index (χ3n) is 3.89. The first-order chi connectivity index (χ1) is 10.1. The quantitative estimate of drug-likeness (QED) is 0.629. The van der Waals surface area contributed by atoms with Gasteiger partial charge in [-0.3, -0.25) is 0 Å². The number of nitrogens with one attached hydrogen (secondary N) is 2. The Kier molecular flexibility index (Phi) is 8.82. The Balaban J connectivity index is 2.35. The molecular weight excluding hydrogens is 272 g/mol. The van der Waals surface area contributed by atoms with Gasteiger partial charge in [0.1, 0.15) is 6.04 Å². The molecule has 21 heavy (non-hydrogen) atoms. The average Bonchev–Trinajstić information content (AvgIpc) is 2.40. The van der Waals surface area contributed by atoms with Crippen molar-refractivity contribution in [2.45, 2.75) is 69.9 Å². The third-order valence-corrected chi connectivity index (χ3v) is 3.89. The highest BCUT2D eigenvalue weighted by Gasteiger charge is 2.21. The summed E-state index contributed by atoms with van der Waals surface area (Å²) in [5.74, 6) is -1.00. The van der Waals surface area contributed by atoms with Crippen LogP contribution in [0.3, 0.4) is 0 Å². The number of ether oxygens (including phenoxy) is 1. The Morgan fingerprint density at radius 3 is 2.38 bits per heavy atom. The van der Waals surface area contributed by atoms with E-state index < -0.39 is 12.0 Å². The molecule has 1 atom stereocenters. The number of urea groups is 1. The molecule has 0 aliphatic heterocycles. The molecule has 0 aromatic rings. The molecule has 1 aliphatic carbocycles. The zero-order chi connectivity index (χ0) is 15.5. The van der Waals surface area contributed by atoms with E-state index in [2.05, 4.69) is 10.6 Å². The van der Waals surface area contributed by atoms with E-state index in [4.69, 9.17) is 9.84 Å². The number of rotatable bonds is 7. The van der Waals surface area contributed by atoms with E-state index in [-0.39, 0.29) is 12.1 Å². The van der Waals surface area contributed by atoms with Crippen molar-refractivity contribution in [1.82, 2.24) is 10.6 Å². The number of carboxylic acid groups (broad SMARTS) is 1. The second-order valence-corrected chi connectivity index (χ2v) is 5.69. The fraction of sp³-hybridized carbons (Fsp3) is 0.867. The molecule has 1 fully saturated rings. The highest BCUT2D eigenvalue weighted by molar-refractivity contribution is 5.82. The van der Waals surface area contributed by atoms with Gasteiger partial charge in [-0.1, -0.05) is 32.1 Å². The molecule has 1 rings (SSSR count). The Bertz CT molecular complexity index is 315. The van der Waals surface area contributed by atoms with Crippen LogP contribution in [0.25, 0.3) is 0 Å². The van der Waals surface area contributed by atoms with Crippen molar-refractivity contribution < 1.29 is 19.4 Å². The molecule has 0 aromatic carbocycles. The van der Waals surface area contributed by atoms with E-state index in [0.717, 1.165) is 25.7 Å². The SMILES string of the molecule is COCCCC(NC(=O)NC1CCCCCCC1)C(=O)O. The predicted octanol–water partition coefficient (Wildman–Crippen LogP) is 2.28. The smallest absolute Gasteiger partial charge is 0.326 e. The summed E-state index contributed by atoms with van der Waals surface area (Å²) in [6.45, 7) is 0.496. The van der Waals surface area contributed by atoms with Gasteiger partial charge in [0.25, 0.3) is 0 Å². The van der Waals surface area contributed by atoms with Gasteiger partial charge in [-0.25, -0.2) is 9.59 Å². The monoisotopic (exact) mass is 300 g/mol. The number of methoxy groups -OCH3 is 1. The minimum Gasteiger partial charge on any atom is -0.480 e. The molecule has 1 aliphatic rings. The van der Waals surface area contributed by atoms with Gasteiger partial charge in [0.15, 0.2) is 0 Å². The summed E-state index contributed by atoms with van der Waals surface area (Å²) in [4.78, 5) is 23.1. The van der Waals surface area contributed by atoms with Crippen molar-refractivity contribution in [3.63, 3.8) is 0 Å². The molecule has 0 saturated heterocycles. The van der Waals surface area contributed by atoms with Gasteiger partial charge < -0.3 is 20.5 Å². The second-order valence-electron chi connectivity index (χ2n) is 5.69. The first-order valence-corrected chi connectivity index (χ1v) is 7.92. The lowest BCUT2D eigenvalue weighted by molar-refractivity contribution is -0.139. The summed E-state index contributed by atoms with van der Waals surface area (Å²) in [5, 5.41) is 14.6. The van der Waals surface area contributed by atoms with Gasteiger partial charge in [0.2, 0.25) is 0 Å². The Hall–Kier alpha value is -1.30. The molecule has 0 heterocycles. The van der Waals surface area contributed by atoms with Gasteiger partial charge in [0, 0.05) is 19.8 Å². The van der Waals surface area contributed by atoms with E-state index in [1.54, 1.807) is 7.11 Å². The number of hydrogen-bond donors (Lipinski definition) is 3. The molecular formula is C15H28N2O4. The van der Waals surface area contributed by atoms with Crippen LogP contribution in [0.5, 0.6) is 0 Å². The van der Waals surface area contributed by atoms with E-state index in [9.17, 15) is 9.59 Å². The minimum atomic E-state index is -1.00. The molecule has 6 nitrogen and oxygen atoms in total.